The van der Waals surface area contributed by atoms with Gasteiger partial charge in [-0.2, -0.15) is 0 Å². The maximum Gasteiger partial charge on any atom is 0.322 e. The van der Waals surface area contributed by atoms with Crippen LogP contribution >= 0.6 is 0 Å². The summed E-state index contributed by atoms with van der Waals surface area (Å²) in [6.07, 6.45) is 1.51. The Morgan fingerprint density at radius 1 is 0.871 bits per heavy atom. The van der Waals surface area contributed by atoms with Crippen LogP contribution in [0.25, 0.3) is 0 Å². The molecule has 1 amide bonds. The van der Waals surface area contributed by atoms with Gasteiger partial charge in [-0.25, -0.2) is 0 Å². The smallest absolute Gasteiger partial charge is 0.322 e. The first-order valence-corrected chi connectivity index (χ1v) is 10.3. The van der Waals surface area contributed by atoms with Gasteiger partial charge in [-0.1, -0.05) is 72.7 Å². The lowest BCUT2D eigenvalue weighted by molar-refractivity contribution is -0.117. The van der Waals surface area contributed by atoms with Gasteiger partial charge in [0.2, 0.25) is 11.8 Å². The molecular formula is C25H21N3O3. The number of rotatable bonds is 5. The molecule has 0 fully saturated rings. The molecule has 0 radical (unpaired) electrons. The average molecular weight is 411 g/mol. The molecule has 154 valence electrons. The second-order valence-corrected chi connectivity index (χ2v) is 7.45. The molecule has 1 N–H and O–H groups in total. The molecule has 0 saturated carbocycles. The molecule has 0 aliphatic carbocycles. The number of ether oxygens (including phenoxy) is 1. The van der Waals surface area contributed by atoms with Crippen molar-refractivity contribution in [3.8, 4) is 11.5 Å². The van der Waals surface area contributed by atoms with Crippen LogP contribution in [0.1, 0.15) is 41.0 Å². The maximum absolute atomic E-state index is 13.2. The fourth-order valence-electron chi connectivity index (χ4n) is 3.81. The zero-order chi connectivity index (χ0) is 21.2. The third-order valence-electron chi connectivity index (χ3n) is 5.43. The van der Waals surface area contributed by atoms with Crippen molar-refractivity contribution in [2.45, 2.75) is 25.7 Å². The molecule has 4 aromatic rings. The van der Waals surface area contributed by atoms with Crippen LogP contribution in [-0.4, -0.2) is 16.1 Å². The Morgan fingerprint density at radius 3 is 2.13 bits per heavy atom. The molecule has 5 rings (SSSR count). The SMILES string of the molecule is CCc1ccc(Cc2nnc(NC(=O)C3c4ccccc4Oc4ccccc43)o2)cc1. The highest BCUT2D eigenvalue weighted by Crippen LogP contribution is 2.44. The van der Waals surface area contributed by atoms with Crippen LogP contribution in [0, 0.1) is 0 Å². The van der Waals surface area contributed by atoms with E-state index in [1.807, 2.05) is 48.5 Å². The third-order valence-corrected chi connectivity index (χ3v) is 5.43. The van der Waals surface area contributed by atoms with Crippen LogP contribution in [0.4, 0.5) is 6.01 Å². The van der Waals surface area contributed by atoms with E-state index in [0.29, 0.717) is 23.8 Å². The van der Waals surface area contributed by atoms with Crippen LogP contribution in [0.5, 0.6) is 11.5 Å². The van der Waals surface area contributed by atoms with E-state index in [-0.39, 0.29) is 11.9 Å². The van der Waals surface area contributed by atoms with Gasteiger partial charge in [-0.3, -0.25) is 10.1 Å². The largest absolute Gasteiger partial charge is 0.457 e. The summed E-state index contributed by atoms with van der Waals surface area (Å²) >= 11 is 0. The molecule has 6 nitrogen and oxygen atoms in total. The molecule has 3 aromatic carbocycles. The Labute approximate surface area is 179 Å². The minimum Gasteiger partial charge on any atom is -0.457 e. The Kier molecular flexibility index (Phi) is 4.96. The lowest BCUT2D eigenvalue weighted by Gasteiger charge is -2.26. The lowest BCUT2D eigenvalue weighted by atomic mass is 9.87. The molecule has 1 aliphatic heterocycles. The molecule has 1 aromatic heterocycles. The number of nitrogens with zero attached hydrogens (tertiary/aromatic N) is 2. The number of hydrogen-bond donors (Lipinski definition) is 1. The van der Waals surface area contributed by atoms with Crippen molar-refractivity contribution in [1.29, 1.82) is 0 Å². The minimum atomic E-state index is -0.530. The number of aromatic nitrogens is 2. The van der Waals surface area contributed by atoms with Crippen molar-refractivity contribution in [2.24, 2.45) is 0 Å². The molecule has 0 bridgehead atoms. The summed E-state index contributed by atoms with van der Waals surface area (Å²) in [5.74, 6) is 1.02. The number of carbonyl (C=O) groups is 1. The second-order valence-electron chi connectivity index (χ2n) is 7.45. The summed E-state index contributed by atoms with van der Waals surface area (Å²) in [5.41, 5.74) is 3.95. The van der Waals surface area contributed by atoms with Crippen molar-refractivity contribution in [3.05, 3.63) is 101 Å². The first-order valence-electron chi connectivity index (χ1n) is 10.3. The predicted molar refractivity (Wildman–Crippen MR) is 116 cm³/mol. The highest BCUT2D eigenvalue weighted by molar-refractivity contribution is 5.98. The first-order chi connectivity index (χ1) is 15.2. The zero-order valence-corrected chi connectivity index (χ0v) is 17.0. The van der Waals surface area contributed by atoms with Crippen LogP contribution in [-0.2, 0) is 17.6 Å². The Bertz CT molecular complexity index is 1190. The summed E-state index contributed by atoms with van der Waals surface area (Å²) in [7, 11) is 0. The zero-order valence-electron chi connectivity index (χ0n) is 17.0. The number of carbonyl (C=O) groups excluding carboxylic acids is 1. The van der Waals surface area contributed by atoms with Crippen LogP contribution in [0.15, 0.2) is 77.2 Å². The van der Waals surface area contributed by atoms with E-state index in [1.54, 1.807) is 0 Å². The van der Waals surface area contributed by atoms with Crippen molar-refractivity contribution < 1.29 is 13.9 Å². The van der Waals surface area contributed by atoms with Gasteiger partial charge in [0.15, 0.2) is 0 Å². The Balaban J connectivity index is 1.36. The van der Waals surface area contributed by atoms with Crippen molar-refractivity contribution in [2.75, 3.05) is 5.32 Å². The van der Waals surface area contributed by atoms with Gasteiger partial charge in [-0.05, 0) is 29.7 Å². The molecule has 0 atom stereocenters. The van der Waals surface area contributed by atoms with E-state index in [2.05, 4.69) is 46.7 Å². The van der Waals surface area contributed by atoms with E-state index in [1.165, 1.54) is 5.56 Å². The summed E-state index contributed by atoms with van der Waals surface area (Å²) in [6, 6.07) is 23.5. The average Bonchev–Trinajstić information content (AvgIpc) is 3.24. The highest BCUT2D eigenvalue weighted by Gasteiger charge is 2.33. The molecule has 1 aliphatic rings. The minimum absolute atomic E-state index is 0.0895. The molecule has 2 heterocycles. The monoisotopic (exact) mass is 411 g/mol. The number of anilines is 1. The standard InChI is InChI=1S/C25H21N3O3/c1-2-16-11-13-17(14-12-16)15-22-27-28-25(31-22)26-24(29)23-18-7-3-5-9-20(18)30-21-10-6-4-8-19(21)23/h3-14,23H,2,15H2,1H3,(H,26,28,29). The summed E-state index contributed by atoms with van der Waals surface area (Å²) in [6.45, 7) is 2.12. The molecule has 0 saturated heterocycles. The van der Waals surface area contributed by atoms with Gasteiger partial charge < -0.3 is 9.15 Å². The van der Waals surface area contributed by atoms with Gasteiger partial charge in [0.25, 0.3) is 0 Å². The van der Waals surface area contributed by atoms with Crippen LogP contribution < -0.4 is 10.1 Å². The van der Waals surface area contributed by atoms with Crippen molar-refractivity contribution in [1.82, 2.24) is 10.2 Å². The molecule has 31 heavy (non-hydrogen) atoms. The lowest BCUT2D eigenvalue weighted by Crippen LogP contribution is -2.25. The second kappa shape index (κ2) is 8.07. The quantitative estimate of drug-likeness (QED) is 0.494. The normalized spacial score (nSPS) is 12.5. The number of benzene rings is 3. The van der Waals surface area contributed by atoms with Crippen molar-refractivity contribution in [3.63, 3.8) is 0 Å². The number of fused-ring (bicyclic) bond motifs is 2. The molecule has 6 heteroatoms. The maximum atomic E-state index is 13.2. The van der Waals surface area contributed by atoms with Crippen molar-refractivity contribution >= 4 is 11.9 Å². The Morgan fingerprint density at radius 2 is 1.48 bits per heavy atom. The number of aryl methyl sites for hydroxylation is 1. The number of para-hydroxylation sites is 2. The summed E-state index contributed by atoms with van der Waals surface area (Å²) in [4.78, 5) is 13.2. The number of nitrogens with one attached hydrogen (secondary N) is 1. The predicted octanol–water partition coefficient (Wildman–Crippen LogP) is 5.10. The van der Waals surface area contributed by atoms with Gasteiger partial charge in [-0.15, -0.1) is 5.10 Å². The first kappa shape index (κ1) is 19.1. The molecule has 0 unspecified atom stereocenters. The van der Waals surface area contributed by atoms with E-state index in [4.69, 9.17) is 9.15 Å². The van der Waals surface area contributed by atoms with Crippen LogP contribution in [0.2, 0.25) is 0 Å². The van der Waals surface area contributed by atoms with E-state index >= 15 is 0 Å². The fraction of sp³-hybridized carbons (Fsp3) is 0.160. The fourth-order valence-corrected chi connectivity index (χ4v) is 3.81. The molecule has 0 spiro atoms. The van der Waals surface area contributed by atoms with E-state index in [0.717, 1.165) is 23.1 Å². The van der Waals surface area contributed by atoms with Gasteiger partial charge >= 0.3 is 6.01 Å². The van der Waals surface area contributed by atoms with Gasteiger partial charge in [0.05, 0.1) is 12.3 Å². The topological polar surface area (TPSA) is 77.2 Å². The van der Waals surface area contributed by atoms with Crippen LogP contribution in [0.3, 0.4) is 0 Å². The van der Waals surface area contributed by atoms with E-state index < -0.39 is 5.92 Å². The Hall–Kier alpha value is -3.93. The van der Waals surface area contributed by atoms with Gasteiger partial charge in [0, 0.05) is 11.1 Å². The van der Waals surface area contributed by atoms with Gasteiger partial charge in [0.1, 0.15) is 11.5 Å². The highest BCUT2D eigenvalue weighted by atomic mass is 16.5. The number of amides is 1. The third kappa shape index (κ3) is 3.80. The summed E-state index contributed by atoms with van der Waals surface area (Å²) < 4.78 is 11.7. The summed E-state index contributed by atoms with van der Waals surface area (Å²) in [5, 5.41) is 10.9. The number of hydrogen-bond acceptors (Lipinski definition) is 5. The van der Waals surface area contributed by atoms with E-state index in [9.17, 15) is 4.79 Å². The molecular weight excluding hydrogens is 390 g/mol.